The number of carbonyl (C=O) groups is 1. The molecule has 0 radical (unpaired) electrons. The van der Waals surface area contributed by atoms with E-state index in [4.69, 9.17) is 14.9 Å². The van der Waals surface area contributed by atoms with Crippen molar-refractivity contribution in [2.75, 3.05) is 6.61 Å². The van der Waals surface area contributed by atoms with Crippen LogP contribution in [0.1, 0.15) is 11.9 Å². The van der Waals surface area contributed by atoms with Gasteiger partial charge in [0.05, 0.1) is 25.0 Å². The number of aliphatic hydroxyl groups excluding tert-OH is 3. The minimum absolute atomic E-state index is 0.271. The first-order valence-electron chi connectivity index (χ1n) is 5.39. The molecule has 1 fully saturated rings. The molecule has 18 heavy (non-hydrogen) atoms. The summed E-state index contributed by atoms with van der Waals surface area (Å²) in [7, 11) is 0. The average molecular weight is 258 g/mol. The Balaban J connectivity index is 2.22. The zero-order valence-electron chi connectivity index (χ0n) is 9.38. The van der Waals surface area contributed by atoms with Gasteiger partial charge in [-0.25, -0.2) is 4.98 Å². The first kappa shape index (κ1) is 13.0. The third-order valence-corrected chi connectivity index (χ3v) is 2.87. The van der Waals surface area contributed by atoms with Gasteiger partial charge in [0.25, 0.3) is 0 Å². The second-order valence-corrected chi connectivity index (χ2v) is 4.09. The summed E-state index contributed by atoms with van der Waals surface area (Å²) in [5, 5.41) is 37.1. The van der Waals surface area contributed by atoms with Crippen LogP contribution in [0.3, 0.4) is 0 Å². The molecule has 100 valence electrons. The topological polar surface area (TPSA) is 125 Å². The Bertz CT molecular complexity index is 434. The zero-order chi connectivity index (χ0) is 13.3. The molecule has 2 heterocycles. The molecule has 0 aromatic carbocycles. The van der Waals surface area contributed by atoms with E-state index in [1.807, 2.05) is 0 Å². The van der Waals surface area contributed by atoms with E-state index in [1.54, 1.807) is 0 Å². The van der Waals surface area contributed by atoms with Gasteiger partial charge < -0.3 is 29.7 Å². The van der Waals surface area contributed by atoms with Crippen LogP contribution in [0, 0.1) is 0 Å². The molecule has 1 aromatic heterocycles. The van der Waals surface area contributed by atoms with E-state index in [0.717, 1.165) is 0 Å². The molecule has 0 spiro atoms. The van der Waals surface area contributed by atoms with Crippen molar-refractivity contribution in [2.45, 2.75) is 31.0 Å². The lowest BCUT2D eigenvalue weighted by Crippen LogP contribution is -2.33. The summed E-state index contributed by atoms with van der Waals surface area (Å²) in [6, 6.07) is 0. The molecule has 8 nitrogen and oxygen atoms in total. The van der Waals surface area contributed by atoms with Crippen LogP contribution in [0.5, 0.6) is 0 Å². The fourth-order valence-electron chi connectivity index (χ4n) is 1.96. The summed E-state index contributed by atoms with van der Waals surface area (Å²) in [6.45, 7) is -0.433. The second-order valence-electron chi connectivity index (χ2n) is 4.09. The minimum atomic E-state index is -1.25. The molecule has 0 amide bonds. The Hall–Kier alpha value is -1.48. The number of aliphatic carboxylic acids is 1. The largest absolute Gasteiger partial charge is 0.481 e. The predicted octanol–water partition coefficient (Wildman–Crippen LogP) is -1.88. The van der Waals surface area contributed by atoms with Crippen LogP contribution >= 0.6 is 0 Å². The van der Waals surface area contributed by atoms with E-state index in [-0.39, 0.29) is 6.42 Å². The van der Waals surface area contributed by atoms with E-state index >= 15 is 0 Å². The van der Waals surface area contributed by atoms with Gasteiger partial charge in [0.15, 0.2) is 6.23 Å². The molecule has 1 saturated heterocycles. The number of hydrogen-bond acceptors (Lipinski definition) is 6. The van der Waals surface area contributed by atoms with Crippen molar-refractivity contribution >= 4 is 5.97 Å². The number of hydrogen-bond donors (Lipinski definition) is 4. The van der Waals surface area contributed by atoms with E-state index in [0.29, 0.717) is 5.69 Å². The number of carboxylic acid groups (broad SMARTS) is 1. The Morgan fingerprint density at radius 3 is 2.72 bits per heavy atom. The molecule has 0 saturated carbocycles. The van der Waals surface area contributed by atoms with E-state index in [9.17, 15) is 15.0 Å². The fraction of sp³-hybridized carbons (Fsp3) is 0.600. The highest BCUT2D eigenvalue weighted by atomic mass is 16.6. The standard InChI is InChI=1S/C10H14N2O6/c13-3-6-8(16)9(17)10(18-6)12-4-11-2-5(12)1-7(14)15/h2,4,6,8-10,13,16-17H,1,3H2,(H,14,15)/t6-,8-,9-,10?/m1/s1. The maximum atomic E-state index is 10.7. The average Bonchev–Trinajstić information content (AvgIpc) is 2.86. The summed E-state index contributed by atoms with van der Waals surface area (Å²) in [5.41, 5.74) is 0.345. The summed E-state index contributed by atoms with van der Waals surface area (Å²) >= 11 is 0. The van der Waals surface area contributed by atoms with Gasteiger partial charge in [-0.05, 0) is 0 Å². The summed E-state index contributed by atoms with van der Waals surface area (Å²) < 4.78 is 6.63. The number of aliphatic hydroxyl groups is 3. The lowest BCUT2D eigenvalue weighted by molar-refractivity contribution is -0.136. The van der Waals surface area contributed by atoms with Gasteiger partial charge in [0.2, 0.25) is 0 Å². The molecule has 1 aromatic rings. The van der Waals surface area contributed by atoms with Gasteiger partial charge in [0.1, 0.15) is 18.3 Å². The Labute approximate surface area is 102 Å². The van der Waals surface area contributed by atoms with Crippen molar-refractivity contribution in [3.8, 4) is 0 Å². The second kappa shape index (κ2) is 5.02. The number of aromatic nitrogens is 2. The zero-order valence-corrected chi connectivity index (χ0v) is 9.38. The highest BCUT2D eigenvalue weighted by Gasteiger charge is 2.43. The highest BCUT2D eigenvalue weighted by Crippen LogP contribution is 2.30. The van der Waals surface area contributed by atoms with Crippen molar-refractivity contribution in [3.63, 3.8) is 0 Å². The Morgan fingerprint density at radius 1 is 1.44 bits per heavy atom. The van der Waals surface area contributed by atoms with Crippen LogP contribution in [0.25, 0.3) is 0 Å². The van der Waals surface area contributed by atoms with Crippen LogP contribution < -0.4 is 0 Å². The van der Waals surface area contributed by atoms with Crippen LogP contribution in [0.2, 0.25) is 0 Å². The quantitative estimate of drug-likeness (QED) is 0.498. The Morgan fingerprint density at radius 2 is 2.17 bits per heavy atom. The molecule has 1 aliphatic rings. The first-order valence-corrected chi connectivity index (χ1v) is 5.39. The van der Waals surface area contributed by atoms with Crippen LogP contribution in [-0.2, 0) is 16.0 Å². The molecular formula is C10H14N2O6. The molecule has 2 rings (SSSR count). The molecule has 4 N–H and O–H groups in total. The third-order valence-electron chi connectivity index (χ3n) is 2.87. The molecule has 1 aliphatic heterocycles. The smallest absolute Gasteiger partial charge is 0.309 e. The van der Waals surface area contributed by atoms with Gasteiger partial charge in [-0.2, -0.15) is 0 Å². The lowest BCUT2D eigenvalue weighted by Gasteiger charge is -2.18. The molecule has 1 unspecified atom stereocenters. The van der Waals surface area contributed by atoms with Gasteiger partial charge in [-0.1, -0.05) is 0 Å². The highest BCUT2D eigenvalue weighted by molar-refractivity contribution is 5.69. The third kappa shape index (κ3) is 2.23. The monoisotopic (exact) mass is 258 g/mol. The van der Waals surface area contributed by atoms with Crippen molar-refractivity contribution in [2.24, 2.45) is 0 Å². The van der Waals surface area contributed by atoms with Gasteiger partial charge in [0, 0.05) is 6.20 Å². The summed E-state index contributed by atoms with van der Waals surface area (Å²) in [5.74, 6) is -1.04. The Kier molecular flexibility index (Phi) is 3.62. The number of imidazole rings is 1. The van der Waals surface area contributed by atoms with Crippen LogP contribution in [0.15, 0.2) is 12.5 Å². The normalized spacial score (nSPS) is 31.7. The number of carboxylic acids is 1. The van der Waals surface area contributed by atoms with Crippen LogP contribution in [0.4, 0.5) is 0 Å². The number of rotatable bonds is 4. The van der Waals surface area contributed by atoms with E-state index in [1.165, 1.54) is 17.1 Å². The maximum absolute atomic E-state index is 10.7. The van der Waals surface area contributed by atoms with Gasteiger partial charge in [-0.3, -0.25) is 4.79 Å². The van der Waals surface area contributed by atoms with Crippen molar-refractivity contribution in [3.05, 3.63) is 18.2 Å². The maximum Gasteiger partial charge on any atom is 0.309 e. The number of nitrogens with zero attached hydrogens (tertiary/aromatic N) is 2. The van der Waals surface area contributed by atoms with Crippen molar-refractivity contribution in [1.82, 2.24) is 9.55 Å². The van der Waals surface area contributed by atoms with E-state index in [2.05, 4.69) is 4.98 Å². The summed E-state index contributed by atoms with van der Waals surface area (Å²) in [4.78, 5) is 14.5. The fourth-order valence-corrected chi connectivity index (χ4v) is 1.96. The molecule has 8 heteroatoms. The lowest BCUT2D eigenvalue weighted by atomic mass is 10.1. The predicted molar refractivity (Wildman–Crippen MR) is 56.6 cm³/mol. The number of ether oxygens (including phenoxy) is 1. The molecular weight excluding hydrogens is 244 g/mol. The molecule has 0 aliphatic carbocycles. The first-order chi connectivity index (χ1) is 8.54. The van der Waals surface area contributed by atoms with Gasteiger partial charge in [-0.15, -0.1) is 0 Å². The minimum Gasteiger partial charge on any atom is -0.481 e. The van der Waals surface area contributed by atoms with Crippen LogP contribution in [-0.4, -0.2) is 60.9 Å². The van der Waals surface area contributed by atoms with E-state index < -0.39 is 37.1 Å². The SMILES string of the molecule is O=C(O)Cc1cncn1C1O[C@H](CO)[C@@H](O)[C@H]1O. The molecule has 4 atom stereocenters. The van der Waals surface area contributed by atoms with Gasteiger partial charge >= 0.3 is 5.97 Å². The summed E-state index contributed by atoms with van der Waals surface area (Å²) in [6.07, 6.45) is -1.92. The van der Waals surface area contributed by atoms with Crippen molar-refractivity contribution in [1.29, 1.82) is 0 Å². The molecule has 0 bridgehead atoms. The van der Waals surface area contributed by atoms with Crippen molar-refractivity contribution < 1.29 is 30.0 Å².